The van der Waals surface area contributed by atoms with Crippen LogP contribution in [0, 0.1) is 13.8 Å². The zero-order valence-electron chi connectivity index (χ0n) is 16.2. The van der Waals surface area contributed by atoms with Crippen LogP contribution in [-0.2, 0) is 13.1 Å². The molecule has 1 aromatic carbocycles. The summed E-state index contributed by atoms with van der Waals surface area (Å²) in [5.41, 5.74) is 4.81. The van der Waals surface area contributed by atoms with Gasteiger partial charge in [0, 0.05) is 43.2 Å². The van der Waals surface area contributed by atoms with Crippen LogP contribution in [0.25, 0.3) is 11.1 Å². The number of rotatable bonds is 4. The van der Waals surface area contributed by atoms with E-state index in [1.807, 2.05) is 30.8 Å². The highest BCUT2D eigenvalue weighted by Crippen LogP contribution is 2.38. The number of aryl methyl sites for hydroxylation is 3. The van der Waals surface area contributed by atoms with Crippen molar-refractivity contribution in [3.63, 3.8) is 0 Å². The predicted molar refractivity (Wildman–Crippen MR) is 104 cm³/mol. The van der Waals surface area contributed by atoms with Gasteiger partial charge in [-0.05, 0) is 49.6 Å². The van der Waals surface area contributed by atoms with Crippen LogP contribution < -0.4 is 9.64 Å². The van der Waals surface area contributed by atoms with E-state index in [1.54, 1.807) is 18.3 Å². The number of nitrogens with zero attached hydrogens (tertiary/aromatic N) is 4. The number of anilines is 1. The van der Waals surface area contributed by atoms with Gasteiger partial charge in [-0.3, -0.25) is 4.98 Å². The van der Waals surface area contributed by atoms with E-state index in [0.29, 0.717) is 6.54 Å². The monoisotopic (exact) mass is 402 g/mol. The Labute approximate surface area is 166 Å². The Balaban J connectivity index is 1.69. The molecule has 0 saturated carbocycles. The summed E-state index contributed by atoms with van der Waals surface area (Å²) >= 11 is 0. The lowest BCUT2D eigenvalue weighted by Gasteiger charge is -2.31. The van der Waals surface area contributed by atoms with Crippen LogP contribution in [0.4, 0.5) is 19.0 Å². The second-order valence-electron chi connectivity index (χ2n) is 7.17. The van der Waals surface area contributed by atoms with Crippen molar-refractivity contribution in [2.45, 2.75) is 39.7 Å². The van der Waals surface area contributed by atoms with Gasteiger partial charge in [-0.15, -0.1) is 13.2 Å². The van der Waals surface area contributed by atoms with Gasteiger partial charge in [-0.25, -0.2) is 4.68 Å². The molecule has 3 heterocycles. The van der Waals surface area contributed by atoms with Gasteiger partial charge in [-0.2, -0.15) is 5.10 Å². The van der Waals surface area contributed by atoms with Gasteiger partial charge in [0.15, 0.2) is 0 Å². The highest BCUT2D eigenvalue weighted by atomic mass is 19.4. The van der Waals surface area contributed by atoms with Gasteiger partial charge in [0.1, 0.15) is 11.6 Å². The summed E-state index contributed by atoms with van der Waals surface area (Å²) in [4.78, 5) is 6.43. The molecule has 29 heavy (non-hydrogen) atoms. The fourth-order valence-corrected chi connectivity index (χ4v) is 3.82. The predicted octanol–water partition coefficient (Wildman–Crippen LogP) is 4.87. The summed E-state index contributed by atoms with van der Waals surface area (Å²) in [5.74, 6) is 0.770. The molecule has 0 fully saturated rings. The molecule has 0 bridgehead atoms. The van der Waals surface area contributed by atoms with Gasteiger partial charge in [0.25, 0.3) is 0 Å². The number of alkyl halides is 3. The standard InChI is InChI=1S/C21H21F3N4O/c1-14-7-8-25-12-18(14)19-15(2)26-28-10-4-9-27(20(19)28)13-16-5-3-6-17(11-16)29-21(22,23)24/h3,5-8,11-12H,4,9-10,13H2,1-2H3. The first-order valence-electron chi connectivity index (χ1n) is 9.40. The van der Waals surface area contributed by atoms with Crippen LogP contribution in [0.1, 0.15) is 23.2 Å². The molecule has 0 radical (unpaired) electrons. The fourth-order valence-electron chi connectivity index (χ4n) is 3.82. The maximum Gasteiger partial charge on any atom is 0.573 e. The van der Waals surface area contributed by atoms with E-state index >= 15 is 0 Å². The molecule has 0 unspecified atom stereocenters. The normalized spacial score (nSPS) is 14.0. The number of fused-ring (bicyclic) bond motifs is 1. The summed E-state index contributed by atoms with van der Waals surface area (Å²) in [7, 11) is 0. The molecule has 0 spiro atoms. The molecule has 0 atom stereocenters. The summed E-state index contributed by atoms with van der Waals surface area (Å²) in [6.07, 6.45) is -0.193. The van der Waals surface area contributed by atoms with Crippen LogP contribution in [0.15, 0.2) is 42.7 Å². The first-order chi connectivity index (χ1) is 13.8. The lowest BCUT2D eigenvalue weighted by molar-refractivity contribution is -0.274. The van der Waals surface area contributed by atoms with E-state index in [9.17, 15) is 13.2 Å². The van der Waals surface area contributed by atoms with Gasteiger partial charge < -0.3 is 9.64 Å². The van der Waals surface area contributed by atoms with Crippen LogP contribution in [0.3, 0.4) is 0 Å². The lowest BCUT2D eigenvalue weighted by Crippen LogP contribution is -2.32. The molecule has 0 saturated heterocycles. The van der Waals surface area contributed by atoms with Crippen molar-refractivity contribution < 1.29 is 17.9 Å². The Morgan fingerprint density at radius 3 is 2.72 bits per heavy atom. The lowest BCUT2D eigenvalue weighted by atomic mass is 10.0. The second kappa shape index (κ2) is 7.42. The summed E-state index contributed by atoms with van der Waals surface area (Å²) in [6, 6.07) is 8.09. The number of hydrogen-bond donors (Lipinski definition) is 0. The molecule has 0 aliphatic carbocycles. The van der Waals surface area contributed by atoms with Crippen molar-refractivity contribution in [2.75, 3.05) is 11.4 Å². The molecule has 5 nitrogen and oxygen atoms in total. The molecule has 3 aromatic rings. The molecule has 152 valence electrons. The largest absolute Gasteiger partial charge is 0.573 e. The molecular weight excluding hydrogens is 381 g/mol. The Hall–Kier alpha value is -3.03. The number of hydrogen-bond acceptors (Lipinski definition) is 4. The zero-order valence-corrected chi connectivity index (χ0v) is 16.2. The zero-order chi connectivity index (χ0) is 20.6. The Morgan fingerprint density at radius 2 is 1.97 bits per heavy atom. The van der Waals surface area contributed by atoms with Crippen molar-refractivity contribution in [1.82, 2.24) is 14.8 Å². The minimum atomic E-state index is -4.70. The maximum atomic E-state index is 12.6. The van der Waals surface area contributed by atoms with Gasteiger partial charge >= 0.3 is 6.36 Å². The number of benzene rings is 1. The van der Waals surface area contributed by atoms with Crippen LogP contribution in [-0.4, -0.2) is 27.7 Å². The number of pyridine rings is 1. The summed E-state index contributed by atoms with van der Waals surface area (Å²) in [6.45, 7) is 6.08. The molecule has 0 amide bonds. The Kier molecular flexibility index (Phi) is 4.94. The fraction of sp³-hybridized carbons (Fsp3) is 0.333. The molecular formula is C21H21F3N4O. The maximum absolute atomic E-state index is 12.6. The average molecular weight is 402 g/mol. The van der Waals surface area contributed by atoms with Crippen molar-refractivity contribution in [3.05, 3.63) is 59.5 Å². The molecule has 0 N–H and O–H groups in total. The summed E-state index contributed by atoms with van der Waals surface area (Å²) in [5, 5.41) is 4.70. The smallest absolute Gasteiger partial charge is 0.406 e. The molecule has 2 aromatic heterocycles. The van der Waals surface area contributed by atoms with E-state index in [1.165, 1.54) is 12.1 Å². The highest BCUT2D eigenvalue weighted by molar-refractivity contribution is 5.80. The molecule has 4 rings (SSSR count). The van der Waals surface area contributed by atoms with Crippen LogP contribution in [0.2, 0.25) is 0 Å². The van der Waals surface area contributed by atoms with Crippen molar-refractivity contribution >= 4 is 5.82 Å². The van der Waals surface area contributed by atoms with Crippen LogP contribution in [0.5, 0.6) is 5.75 Å². The first kappa shape index (κ1) is 19.3. The minimum absolute atomic E-state index is 0.208. The third kappa shape index (κ3) is 4.06. The molecule has 1 aliphatic rings. The topological polar surface area (TPSA) is 43.2 Å². The van der Waals surface area contributed by atoms with E-state index in [2.05, 4.69) is 14.6 Å². The van der Waals surface area contributed by atoms with Crippen molar-refractivity contribution in [2.24, 2.45) is 0 Å². The van der Waals surface area contributed by atoms with E-state index in [0.717, 1.165) is 53.3 Å². The number of ether oxygens (including phenoxy) is 1. The molecule has 1 aliphatic heterocycles. The highest BCUT2D eigenvalue weighted by Gasteiger charge is 2.31. The Morgan fingerprint density at radius 1 is 1.14 bits per heavy atom. The quantitative estimate of drug-likeness (QED) is 0.625. The number of halogens is 3. The van der Waals surface area contributed by atoms with Gasteiger partial charge in [-0.1, -0.05) is 12.1 Å². The first-order valence-corrected chi connectivity index (χ1v) is 9.40. The van der Waals surface area contributed by atoms with E-state index in [4.69, 9.17) is 5.10 Å². The van der Waals surface area contributed by atoms with Gasteiger partial charge in [0.2, 0.25) is 0 Å². The second-order valence-corrected chi connectivity index (χ2v) is 7.17. The van der Waals surface area contributed by atoms with E-state index in [-0.39, 0.29) is 5.75 Å². The van der Waals surface area contributed by atoms with E-state index < -0.39 is 6.36 Å². The van der Waals surface area contributed by atoms with Crippen molar-refractivity contribution in [1.29, 1.82) is 0 Å². The minimum Gasteiger partial charge on any atom is -0.406 e. The number of aromatic nitrogens is 3. The molecule has 8 heteroatoms. The van der Waals surface area contributed by atoms with Gasteiger partial charge in [0.05, 0.1) is 5.69 Å². The van der Waals surface area contributed by atoms with Crippen LogP contribution >= 0.6 is 0 Å². The third-order valence-electron chi connectivity index (χ3n) is 5.01. The Bertz CT molecular complexity index is 1030. The SMILES string of the molecule is Cc1ccncc1-c1c(C)nn2c1N(Cc1cccc(OC(F)(F)F)c1)CCC2. The van der Waals surface area contributed by atoms with Crippen molar-refractivity contribution in [3.8, 4) is 16.9 Å². The third-order valence-corrected chi connectivity index (χ3v) is 5.01. The summed E-state index contributed by atoms with van der Waals surface area (Å²) < 4.78 is 43.7. The average Bonchev–Trinajstić information content (AvgIpc) is 2.98.